The highest BCUT2D eigenvalue weighted by Gasteiger charge is 2.34. The molecule has 0 aromatic heterocycles. The fraction of sp³-hybridized carbons (Fsp3) is 0.500. The summed E-state index contributed by atoms with van der Waals surface area (Å²) in [5.41, 5.74) is -0.869. The molecule has 1 aromatic rings. The predicted octanol–water partition coefficient (Wildman–Crippen LogP) is 1.90. The molecule has 1 aromatic carbocycles. The highest BCUT2D eigenvalue weighted by molar-refractivity contribution is 5.78. The quantitative estimate of drug-likeness (QED) is 0.927. The molecule has 0 saturated carbocycles. The molecule has 1 heterocycles. The number of ether oxygens (including phenoxy) is 1. The van der Waals surface area contributed by atoms with Gasteiger partial charge < -0.3 is 15.0 Å². The van der Waals surface area contributed by atoms with Gasteiger partial charge in [0.1, 0.15) is 5.75 Å². The zero-order valence-electron chi connectivity index (χ0n) is 11.6. The first kappa shape index (κ1) is 15.6. The van der Waals surface area contributed by atoms with Crippen LogP contribution < -0.4 is 10.1 Å². The number of rotatable bonds is 3. The molecule has 1 fully saturated rings. The van der Waals surface area contributed by atoms with E-state index < -0.39 is 18.3 Å². The molecule has 1 amide bonds. The summed E-state index contributed by atoms with van der Waals surface area (Å²) in [5.74, 6) is -0.623. The van der Waals surface area contributed by atoms with Crippen molar-refractivity contribution < 1.29 is 22.7 Å². The zero-order chi connectivity index (χ0) is 15.5. The number of amides is 1. The van der Waals surface area contributed by atoms with Crippen LogP contribution in [0.3, 0.4) is 0 Å². The number of hydrogen-bond acceptors (Lipinski definition) is 3. The van der Waals surface area contributed by atoms with Crippen molar-refractivity contribution in [3.8, 4) is 5.75 Å². The Hall–Kier alpha value is -1.76. The van der Waals surface area contributed by atoms with Crippen LogP contribution in [0.25, 0.3) is 0 Å². The molecule has 0 bridgehead atoms. The third-order valence-corrected chi connectivity index (χ3v) is 3.37. The average Bonchev–Trinajstić information content (AvgIpc) is 2.44. The first-order valence-electron chi connectivity index (χ1n) is 6.69. The summed E-state index contributed by atoms with van der Waals surface area (Å²) in [7, 11) is 0. The Balaban J connectivity index is 2.01. The second-order valence-corrected chi connectivity index (χ2v) is 4.92. The summed E-state index contributed by atoms with van der Waals surface area (Å²) in [6, 6.07) is 4.90. The van der Waals surface area contributed by atoms with Gasteiger partial charge in [0.15, 0.2) is 6.61 Å². The van der Waals surface area contributed by atoms with Gasteiger partial charge in [-0.05, 0) is 19.1 Å². The van der Waals surface area contributed by atoms with Crippen LogP contribution in [0, 0.1) is 0 Å². The minimum absolute atomic E-state index is 0.00714. The first-order chi connectivity index (χ1) is 9.89. The number of carbonyl (C=O) groups excluding carboxylic acids is 1. The van der Waals surface area contributed by atoms with Crippen LogP contribution in [-0.4, -0.2) is 43.1 Å². The summed E-state index contributed by atoms with van der Waals surface area (Å²) in [4.78, 5) is 13.7. The number of hydrogen-bond donors (Lipinski definition) is 1. The van der Waals surface area contributed by atoms with Crippen LogP contribution in [0.1, 0.15) is 12.5 Å². The minimum atomic E-state index is -4.50. The Morgan fingerprint density at radius 1 is 1.43 bits per heavy atom. The third-order valence-electron chi connectivity index (χ3n) is 3.37. The Morgan fingerprint density at radius 2 is 2.14 bits per heavy atom. The molecule has 1 atom stereocenters. The van der Waals surface area contributed by atoms with E-state index in [-0.39, 0.29) is 17.7 Å². The van der Waals surface area contributed by atoms with Gasteiger partial charge in [-0.1, -0.05) is 12.1 Å². The number of carbonyl (C=O) groups is 1. The van der Waals surface area contributed by atoms with Crippen molar-refractivity contribution >= 4 is 5.91 Å². The number of para-hydroxylation sites is 1. The van der Waals surface area contributed by atoms with Gasteiger partial charge in [-0.2, -0.15) is 13.2 Å². The fourth-order valence-corrected chi connectivity index (χ4v) is 2.26. The van der Waals surface area contributed by atoms with Crippen LogP contribution in [0.4, 0.5) is 13.2 Å². The van der Waals surface area contributed by atoms with Gasteiger partial charge in [-0.25, -0.2) is 0 Å². The first-order valence-corrected chi connectivity index (χ1v) is 6.69. The maximum Gasteiger partial charge on any atom is 0.419 e. The number of benzene rings is 1. The number of piperazine rings is 1. The highest BCUT2D eigenvalue weighted by Crippen LogP contribution is 2.35. The minimum Gasteiger partial charge on any atom is -0.483 e. The number of nitrogens with zero attached hydrogens (tertiary/aromatic N) is 1. The molecule has 4 nitrogen and oxygen atoms in total. The Kier molecular flexibility index (Phi) is 4.72. The lowest BCUT2D eigenvalue weighted by Crippen LogP contribution is -2.53. The molecule has 116 valence electrons. The van der Waals surface area contributed by atoms with E-state index >= 15 is 0 Å². The van der Waals surface area contributed by atoms with Crippen LogP contribution in [-0.2, 0) is 11.0 Å². The lowest BCUT2D eigenvalue weighted by Gasteiger charge is -2.33. The molecule has 0 unspecified atom stereocenters. The molecule has 2 rings (SSSR count). The normalized spacial score (nSPS) is 19.4. The van der Waals surface area contributed by atoms with Gasteiger partial charge >= 0.3 is 6.18 Å². The van der Waals surface area contributed by atoms with Crippen molar-refractivity contribution in [3.63, 3.8) is 0 Å². The van der Waals surface area contributed by atoms with E-state index in [0.29, 0.717) is 19.6 Å². The maximum absolute atomic E-state index is 12.8. The van der Waals surface area contributed by atoms with Crippen LogP contribution in [0.5, 0.6) is 5.75 Å². The molecule has 1 aliphatic heterocycles. The van der Waals surface area contributed by atoms with E-state index in [9.17, 15) is 18.0 Å². The maximum atomic E-state index is 12.8. The van der Waals surface area contributed by atoms with Crippen molar-refractivity contribution in [2.45, 2.75) is 19.1 Å². The Morgan fingerprint density at radius 3 is 2.81 bits per heavy atom. The summed E-state index contributed by atoms with van der Waals surface area (Å²) >= 11 is 0. The van der Waals surface area contributed by atoms with Crippen molar-refractivity contribution in [3.05, 3.63) is 29.8 Å². The topological polar surface area (TPSA) is 41.6 Å². The standard InChI is InChI=1S/C14H17F3N2O2/c1-10-8-18-6-7-19(10)13(20)9-21-12-5-3-2-4-11(12)14(15,16)17/h2-5,10,18H,6-9H2,1H3/t10-/m0/s1. The van der Waals surface area contributed by atoms with E-state index in [1.807, 2.05) is 6.92 Å². The van der Waals surface area contributed by atoms with Crippen molar-refractivity contribution in [1.29, 1.82) is 0 Å². The van der Waals surface area contributed by atoms with Crippen molar-refractivity contribution in [1.82, 2.24) is 10.2 Å². The SMILES string of the molecule is C[C@H]1CNCCN1C(=O)COc1ccccc1C(F)(F)F. The van der Waals surface area contributed by atoms with Gasteiger partial charge in [-0.15, -0.1) is 0 Å². The van der Waals surface area contributed by atoms with E-state index in [1.54, 1.807) is 4.90 Å². The summed E-state index contributed by atoms with van der Waals surface area (Å²) < 4.78 is 43.5. The largest absolute Gasteiger partial charge is 0.483 e. The molecular formula is C14H17F3N2O2. The van der Waals surface area contributed by atoms with Gasteiger partial charge in [0.25, 0.3) is 5.91 Å². The predicted molar refractivity (Wildman–Crippen MR) is 71.0 cm³/mol. The highest BCUT2D eigenvalue weighted by atomic mass is 19.4. The van der Waals surface area contributed by atoms with E-state index in [4.69, 9.17) is 4.74 Å². The number of halogens is 3. The number of alkyl halides is 3. The lowest BCUT2D eigenvalue weighted by atomic mass is 10.2. The molecule has 21 heavy (non-hydrogen) atoms. The van der Waals surface area contributed by atoms with E-state index in [1.165, 1.54) is 18.2 Å². The summed E-state index contributed by atoms with van der Waals surface area (Å²) in [5, 5.41) is 3.14. The van der Waals surface area contributed by atoms with Gasteiger partial charge in [0.05, 0.1) is 5.56 Å². The van der Waals surface area contributed by atoms with Crippen LogP contribution in [0.15, 0.2) is 24.3 Å². The smallest absolute Gasteiger partial charge is 0.419 e. The van der Waals surface area contributed by atoms with Crippen molar-refractivity contribution in [2.75, 3.05) is 26.2 Å². The van der Waals surface area contributed by atoms with Crippen molar-refractivity contribution in [2.24, 2.45) is 0 Å². The third kappa shape index (κ3) is 3.87. The molecule has 0 spiro atoms. The molecular weight excluding hydrogens is 285 g/mol. The lowest BCUT2D eigenvalue weighted by molar-refractivity contribution is -0.141. The molecule has 1 saturated heterocycles. The molecule has 0 aliphatic carbocycles. The van der Waals surface area contributed by atoms with Gasteiger partial charge in [0, 0.05) is 25.7 Å². The summed E-state index contributed by atoms with van der Waals surface area (Å²) in [6.45, 7) is 3.37. The zero-order valence-corrected chi connectivity index (χ0v) is 11.6. The Labute approximate surface area is 120 Å². The second-order valence-electron chi connectivity index (χ2n) is 4.92. The molecule has 1 aliphatic rings. The molecule has 0 radical (unpaired) electrons. The summed E-state index contributed by atoms with van der Waals surface area (Å²) in [6.07, 6.45) is -4.50. The molecule has 7 heteroatoms. The second kappa shape index (κ2) is 6.34. The average molecular weight is 302 g/mol. The number of nitrogens with one attached hydrogen (secondary N) is 1. The van der Waals surface area contributed by atoms with Crippen LogP contribution in [0.2, 0.25) is 0 Å². The van der Waals surface area contributed by atoms with E-state index in [0.717, 1.165) is 6.07 Å². The van der Waals surface area contributed by atoms with Gasteiger partial charge in [-0.3, -0.25) is 4.79 Å². The monoisotopic (exact) mass is 302 g/mol. The van der Waals surface area contributed by atoms with Crippen LogP contribution >= 0.6 is 0 Å². The fourth-order valence-electron chi connectivity index (χ4n) is 2.26. The molecule has 1 N–H and O–H groups in total. The van der Waals surface area contributed by atoms with E-state index in [2.05, 4.69) is 5.32 Å². The van der Waals surface area contributed by atoms with Gasteiger partial charge in [0.2, 0.25) is 0 Å². The Bertz CT molecular complexity index is 505.